The number of nitrogens with zero attached hydrogens (tertiary/aromatic N) is 1. The van der Waals surface area contributed by atoms with Crippen molar-refractivity contribution in [2.45, 2.75) is 33.1 Å². The van der Waals surface area contributed by atoms with Crippen LogP contribution in [0, 0.1) is 0 Å². The molecule has 0 atom stereocenters. The first kappa shape index (κ1) is 18.5. The lowest BCUT2D eigenvalue weighted by Gasteiger charge is -2.18. The lowest BCUT2D eigenvalue weighted by Crippen LogP contribution is -2.28. The molecule has 8 heteroatoms. The quantitative estimate of drug-likeness (QED) is 0.495. The van der Waals surface area contributed by atoms with Crippen molar-refractivity contribution in [3.05, 3.63) is 41.7 Å². The number of esters is 1. The second-order valence-electron chi connectivity index (χ2n) is 5.84. The van der Waals surface area contributed by atoms with Gasteiger partial charge in [0.25, 0.3) is 5.91 Å². The molecular formula is C17H20N2O6. The van der Waals surface area contributed by atoms with Gasteiger partial charge in [-0.05, 0) is 17.7 Å². The molecule has 1 aliphatic rings. The number of anilines is 1. The third-order valence-corrected chi connectivity index (χ3v) is 3.22. The van der Waals surface area contributed by atoms with Crippen molar-refractivity contribution in [2.75, 3.05) is 12.4 Å². The Bertz CT molecular complexity index is 708. The Kier molecular flexibility index (Phi) is 5.43. The van der Waals surface area contributed by atoms with E-state index in [1.165, 1.54) is 14.0 Å². The van der Waals surface area contributed by atoms with Gasteiger partial charge in [-0.1, -0.05) is 12.1 Å². The summed E-state index contributed by atoms with van der Waals surface area (Å²) in [7, 11) is 1.35. The maximum Gasteiger partial charge on any atom is 0.377 e. The highest BCUT2D eigenvalue weighted by molar-refractivity contribution is 5.97. The molecule has 0 bridgehead atoms. The van der Waals surface area contributed by atoms with Gasteiger partial charge in [0.2, 0.25) is 17.5 Å². The zero-order chi connectivity index (χ0) is 18.6. The molecule has 0 aliphatic carbocycles. The molecule has 1 heterocycles. The van der Waals surface area contributed by atoms with E-state index in [9.17, 15) is 14.4 Å². The smallest absolute Gasteiger partial charge is 0.377 e. The standard InChI is InChI=1S/C17H20N2O6/c1-11(20)18-13-7-5-12(6-8-13)10-19(23-4)15(21)9-14-16(22)25-17(2,3)24-14/h5-9H,10H2,1-4H3,(H,18,20)/b14-9-. The number of hydrogen-bond donors (Lipinski definition) is 1. The van der Waals surface area contributed by atoms with Crippen LogP contribution in [0.25, 0.3) is 0 Å². The van der Waals surface area contributed by atoms with Crippen LogP contribution in [0.15, 0.2) is 36.1 Å². The predicted octanol–water partition coefficient (Wildman–Crippen LogP) is 1.73. The zero-order valence-electron chi connectivity index (χ0n) is 14.5. The monoisotopic (exact) mass is 348 g/mol. The van der Waals surface area contributed by atoms with E-state index in [0.717, 1.165) is 16.7 Å². The first-order valence-corrected chi connectivity index (χ1v) is 7.56. The van der Waals surface area contributed by atoms with E-state index in [4.69, 9.17) is 14.3 Å². The third kappa shape index (κ3) is 5.05. The van der Waals surface area contributed by atoms with E-state index in [1.54, 1.807) is 38.1 Å². The molecule has 0 radical (unpaired) electrons. The molecule has 8 nitrogen and oxygen atoms in total. The number of benzene rings is 1. The number of hydroxylamine groups is 2. The second kappa shape index (κ2) is 7.35. The molecular weight excluding hydrogens is 328 g/mol. The largest absolute Gasteiger partial charge is 0.445 e. The van der Waals surface area contributed by atoms with Gasteiger partial charge in [-0.2, -0.15) is 0 Å². The maximum atomic E-state index is 12.3. The fourth-order valence-electron chi connectivity index (χ4n) is 2.17. The summed E-state index contributed by atoms with van der Waals surface area (Å²) in [5.74, 6) is -2.69. The van der Waals surface area contributed by atoms with E-state index < -0.39 is 17.7 Å². The lowest BCUT2D eigenvalue weighted by molar-refractivity contribution is -0.173. The van der Waals surface area contributed by atoms with Crippen LogP contribution in [0.2, 0.25) is 0 Å². The Balaban J connectivity index is 2.05. The fraction of sp³-hybridized carbons (Fsp3) is 0.353. The summed E-state index contributed by atoms with van der Waals surface area (Å²) in [6.45, 7) is 4.71. The Morgan fingerprint density at radius 2 is 1.88 bits per heavy atom. The number of cyclic esters (lactones) is 1. The first-order chi connectivity index (χ1) is 11.7. The highest BCUT2D eigenvalue weighted by atomic mass is 16.8. The lowest BCUT2D eigenvalue weighted by atomic mass is 10.2. The van der Waals surface area contributed by atoms with Crippen molar-refractivity contribution < 1.29 is 28.7 Å². The maximum absolute atomic E-state index is 12.3. The van der Waals surface area contributed by atoms with Crippen molar-refractivity contribution in [3.63, 3.8) is 0 Å². The second-order valence-corrected chi connectivity index (χ2v) is 5.84. The van der Waals surface area contributed by atoms with E-state index in [1.807, 2.05) is 0 Å². The Morgan fingerprint density at radius 3 is 2.36 bits per heavy atom. The molecule has 0 saturated carbocycles. The normalized spacial score (nSPS) is 17.0. The van der Waals surface area contributed by atoms with Crippen molar-refractivity contribution in [1.29, 1.82) is 0 Å². The van der Waals surface area contributed by atoms with E-state index >= 15 is 0 Å². The van der Waals surface area contributed by atoms with Crippen LogP contribution in [0.5, 0.6) is 0 Å². The molecule has 1 aliphatic heterocycles. The summed E-state index contributed by atoms with van der Waals surface area (Å²) in [5, 5.41) is 3.73. The van der Waals surface area contributed by atoms with Crippen LogP contribution in [-0.2, 0) is 35.2 Å². The van der Waals surface area contributed by atoms with Crippen LogP contribution in [0.4, 0.5) is 5.69 Å². The van der Waals surface area contributed by atoms with E-state index in [-0.39, 0.29) is 18.2 Å². The number of rotatable bonds is 5. The Labute approximate surface area is 145 Å². The summed E-state index contributed by atoms with van der Waals surface area (Å²) in [6, 6.07) is 6.93. The van der Waals surface area contributed by atoms with Gasteiger partial charge in [0, 0.05) is 26.5 Å². The summed E-state index contributed by atoms with van der Waals surface area (Å²) in [5.41, 5.74) is 1.43. The van der Waals surface area contributed by atoms with Gasteiger partial charge in [-0.3, -0.25) is 14.4 Å². The molecule has 0 aromatic heterocycles. The van der Waals surface area contributed by atoms with E-state index in [0.29, 0.717) is 5.69 Å². The molecule has 1 N–H and O–H groups in total. The number of carbonyl (C=O) groups excluding carboxylic acids is 3. The highest BCUT2D eigenvalue weighted by Gasteiger charge is 2.38. The van der Waals surface area contributed by atoms with Crippen LogP contribution in [-0.4, -0.2) is 35.7 Å². The minimum Gasteiger partial charge on any atom is -0.445 e. The van der Waals surface area contributed by atoms with Gasteiger partial charge >= 0.3 is 5.97 Å². The summed E-state index contributed by atoms with van der Waals surface area (Å²) in [6.07, 6.45) is 1.03. The van der Waals surface area contributed by atoms with Crippen molar-refractivity contribution in [2.24, 2.45) is 0 Å². The van der Waals surface area contributed by atoms with Crippen LogP contribution < -0.4 is 5.32 Å². The SMILES string of the molecule is CON(Cc1ccc(NC(C)=O)cc1)C(=O)/C=C1\OC(C)(C)OC1=O. The van der Waals surface area contributed by atoms with Gasteiger partial charge in [0.15, 0.2) is 0 Å². The number of nitrogens with one attached hydrogen (secondary N) is 1. The molecule has 134 valence electrons. The van der Waals surface area contributed by atoms with Crippen molar-refractivity contribution in [3.8, 4) is 0 Å². The summed E-state index contributed by atoms with van der Waals surface area (Å²) in [4.78, 5) is 40.0. The fourth-order valence-corrected chi connectivity index (χ4v) is 2.17. The zero-order valence-corrected chi connectivity index (χ0v) is 14.5. The van der Waals surface area contributed by atoms with Crippen molar-refractivity contribution >= 4 is 23.5 Å². The predicted molar refractivity (Wildman–Crippen MR) is 87.6 cm³/mol. The minimum atomic E-state index is -1.10. The van der Waals surface area contributed by atoms with Gasteiger partial charge in [0.1, 0.15) is 0 Å². The first-order valence-electron chi connectivity index (χ1n) is 7.56. The van der Waals surface area contributed by atoms with Crippen LogP contribution >= 0.6 is 0 Å². The van der Waals surface area contributed by atoms with Gasteiger partial charge < -0.3 is 14.8 Å². The molecule has 0 unspecified atom stereocenters. The van der Waals surface area contributed by atoms with Gasteiger partial charge in [-0.15, -0.1) is 0 Å². The molecule has 2 rings (SSSR count). The average molecular weight is 348 g/mol. The van der Waals surface area contributed by atoms with E-state index in [2.05, 4.69) is 5.32 Å². The van der Waals surface area contributed by atoms with Crippen LogP contribution in [0.3, 0.4) is 0 Å². The summed E-state index contributed by atoms with van der Waals surface area (Å²) >= 11 is 0. The molecule has 0 spiro atoms. The molecule has 1 aromatic carbocycles. The number of amides is 2. The van der Waals surface area contributed by atoms with Gasteiger partial charge in [-0.25, -0.2) is 9.86 Å². The topological polar surface area (TPSA) is 94.2 Å². The Hall–Kier alpha value is -2.87. The molecule has 1 aromatic rings. The van der Waals surface area contributed by atoms with Gasteiger partial charge in [0.05, 0.1) is 19.7 Å². The number of ether oxygens (including phenoxy) is 2. The number of carbonyl (C=O) groups is 3. The Morgan fingerprint density at radius 1 is 1.24 bits per heavy atom. The number of hydrogen-bond acceptors (Lipinski definition) is 6. The minimum absolute atomic E-state index is 0.151. The van der Waals surface area contributed by atoms with Crippen LogP contribution in [0.1, 0.15) is 26.3 Å². The molecule has 1 fully saturated rings. The molecule has 25 heavy (non-hydrogen) atoms. The molecule has 2 amide bonds. The third-order valence-electron chi connectivity index (χ3n) is 3.22. The highest BCUT2D eigenvalue weighted by Crippen LogP contribution is 2.26. The summed E-state index contributed by atoms with van der Waals surface area (Å²) < 4.78 is 10.2. The molecule has 1 saturated heterocycles. The average Bonchev–Trinajstić information content (AvgIpc) is 2.77. The van der Waals surface area contributed by atoms with Crippen molar-refractivity contribution in [1.82, 2.24) is 5.06 Å².